The molecule has 1 fully saturated rings. The highest BCUT2D eigenvalue weighted by Gasteiger charge is 2.29. The quantitative estimate of drug-likeness (QED) is 0.844. The number of halogens is 1. The summed E-state index contributed by atoms with van der Waals surface area (Å²) in [5.74, 6) is -0.987. The number of fused-ring (bicyclic) bond motifs is 3. The third-order valence-corrected chi connectivity index (χ3v) is 5.82. The molecule has 1 saturated carbocycles. The summed E-state index contributed by atoms with van der Waals surface area (Å²) in [7, 11) is 0. The second kappa shape index (κ2) is 6.83. The molecular formula is C19H22ClN3O3. The molecule has 0 saturated heterocycles. The number of nitrogens with one attached hydrogen (secondary N) is 1. The number of carbonyl (C=O) groups is 2. The molecule has 1 aromatic carbocycles. The number of aliphatic carboxylic acids is 1. The van der Waals surface area contributed by atoms with Gasteiger partial charge in [-0.05, 0) is 43.9 Å². The number of urea groups is 1. The Morgan fingerprint density at radius 3 is 2.62 bits per heavy atom. The molecule has 0 spiro atoms. The van der Waals surface area contributed by atoms with Crippen LogP contribution in [0.3, 0.4) is 0 Å². The number of nitrogens with zero attached hydrogens (tertiary/aromatic N) is 2. The van der Waals surface area contributed by atoms with E-state index < -0.39 is 5.97 Å². The van der Waals surface area contributed by atoms with Crippen LogP contribution in [0.4, 0.5) is 4.79 Å². The highest BCUT2D eigenvalue weighted by Crippen LogP contribution is 2.27. The van der Waals surface area contributed by atoms with Gasteiger partial charge in [0.15, 0.2) is 0 Å². The van der Waals surface area contributed by atoms with Gasteiger partial charge in [0.1, 0.15) is 0 Å². The molecular weight excluding hydrogens is 354 g/mol. The monoisotopic (exact) mass is 375 g/mol. The van der Waals surface area contributed by atoms with Crippen molar-refractivity contribution in [2.24, 2.45) is 5.92 Å². The van der Waals surface area contributed by atoms with Crippen LogP contribution >= 0.6 is 11.6 Å². The lowest BCUT2D eigenvalue weighted by molar-refractivity contribution is -0.142. The molecule has 0 radical (unpaired) electrons. The van der Waals surface area contributed by atoms with Gasteiger partial charge in [-0.25, -0.2) is 4.79 Å². The van der Waals surface area contributed by atoms with Crippen molar-refractivity contribution in [2.75, 3.05) is 6.54 Å². The van der Waals surface area contributed by atoms with Crippen molar-refractivity contribution in [1.82, 2.24) is 14.8 Å². The number of aromatic nitrogens is 1. The minimum absolute atomic E-state index is 0.0571. The predicted molar refractivity (Wildman–Crippen MR) is 99.3 cm³/mol. The van der Waals surface area contributed by atoms with Gasteiger partial charge in [-0.1, -0.05) is 17.7 Å². The number of amides is 2. The van der Waals surface area contributed by atoms with Crippen LogP contribution in [0.5, 0.6) is 0 Å². The molecule has 1 aliphatic heterocycles. The minimum Gasteiger partial charge on any atom is -0.481 e. The summed E-state index contributed by atoms with van der Waals surface area (Å²) in [5.41, 5.74) is 2.22. The van der Waals surface area contributed by atoms with Gasteiger partial charge in [0.2, 0.25) is 0 Å². The Balaban J connectivity index is 1.40. The summed E-state index contributed by atoms with van der Waals surface area (Å²) in [4.78, 5) is 25.5. The third-order valence-electron chi connectivity index (χ3n) is 5.59. The van der Waals surface area contributed by atoms with Gasteiger partial charge in [-0.2, -0.15) is 0 Å². The fourth-order valence-corrected chi connectivity index (χ4v) is 4.27. The van der Waals surface area contributed by atoms with Gasteiger partial charge in [0.05, 0.1) is 12.5 Å². The Morgan fingerprint density at radius 2 is 1.88 bits per heavy atom. The number of carbonyl (C=O) groups excluding carboxylic acids is 1. The van der Waals surface area contributed by atoms with E-state index in [-0.39, 0.29) is 18.0 Å². The number of carboxylic acids is 1. The second-order valence-electron chi connectivity index (χ2n) is 7.25. The summed E-state index contributed by atoms with van der Waals surface area (Å²) >= 11 is 6.11. The van der Waals surface area contributed by atoms with E-state index in [9.17, 15) is 9.59 Å². The second-order valence-corrected chi connectivity index (χ2v) is 7.68. The first-order valence-electron chi connectivity index (χ1n) is 9.07. The van der Waals surface area contributed by atoms with Crippen LogP contribution < -0.4 is 5.32 Å². The van der Waals surface area contributed by atoms with Crippen molar-refractivity contribution in [2.45, 2.75) is 44.8 Å². The van der Waals surface area contributed by atoms with Crippen molar-refractivity contribution in [3.63, 3.8) is 0 Å². The van der Waals surface area contributed by atoms with Gasteiger partial charge in [-0.15, -0.1) is 0 Å². The number of carboxylic acid groups (broad SMARTS) is 1. The number of hydrogen-bond acceptors (Lipinski definition) is 2. The average Bonchev–Trinajstić information content (AvgIpc) is 2.99. The molecule has 7 heteroatoms. The molecule has 1 aliphatic carbocycles. The maximum atomic E-state index is 12.6. The molecule has 26 heavy (non-hydrogen) atoms. The lowest BCUT2D eigenvalue weighted by Gasteiger charge is -2.32. The lowest BCUT2D eigenvalue weighted by Crippen LogP contribution is -2.48. The molecule has 138 valence electrons. The van der Waals surface area contributed by atoms with E-state index in [1.165, 1.54) is 0 Å². The summed E-state index contributed by atoms with van der Waals surface area (Å²) in [6, 6.07) is 7.99. The molecule has 0 atom stereocenters. The van der Waals surface area contributed by atoms with Crippen LogP contribution in [0.25, 0.3) is 10.9 Å². The lowest BCUT2D eigenvalue weighted by atomic mass is 9.86. The molecule has 2 aromatic rings. The Morgan fingerprint density at radius 1 is 1.12 bits per heavy atom. The first-order chi connectivity index (χ1) is 12.5. The normalized spacial score (nSPS) is 22.9. The van der Waals surface area contributed by atoms with E-state index >= 15 is 0 Å². The number of rotatable bonds is 2. The topological polar surface area (TPSA) is 74.6 Å². The van der Waals surface area contributed by atoms with Gasteiger partial charge >= 0.3 is 12.0 Å². The van der Waals surface area contributed by atoms with Gasteiger partial charge < -0.3 is 19.9 Å². The third kappa shape index (κ3) is 3.26. The van der Waals surface area contributed by atoms with Gasteiger partial charge in [0, 0.05) is 40.8 Å². The molecule has 2 N–H and O–H groups in total. The van der Waals surface area contributed by atoms with Crippen LogP contribution in [0, 0.1) is 5.92 Å². The Kier molecular flexibility index (Phi) is 4.53. The van der Waals surface area contributed by atoms with Crippen LogP contribution in [0.1, 0.15) is 31.4 Å². The molecule has 2 heterocycles. The van der Waals surface area contributed by atoms with E-state index in [2.05, 4.69) is 16.0 Å². The molecule has 2 amide bonds. The van der Waals surface area contributed by atoms with E-state index in [4.69, 9.17) is 16.7 Å². The van der Waals surface area contributed by atoms with E-state index in [0.717, 1.165) is 41.0 Å². The molecule has 0 unspecified atom stereocenters. The molecule has 6 nitrogen and oxygen atoms in total. The van der Waals surface area contributed by atoms with Crippen LogP contribution in [-0.2, 0) is 17.9 Å². The zero-order chi connectivity index (χ0) is 18.3. The molecule has 1 aromatic heterocycles. The zero-order valence-corrected chi connectivity index (χ0v) is 15.2. The number of benzene rings is 1. The maximum Gasteiger partial charge on any atom is 0.318 e. The SMILES string of the molecule is O=C(O)C1CCC(NC(=O)N2CCn3c(cc4ccc(Cl)cc43)C2)CC1. The summed E-state index contributed by atoms with van der Waals surface area (Å²) < 4.78 is 2.23. The zero-order valence-electron chi connectivity index (χ0n) is 14.4. The van der Waals surface area contributed by atoms with Crippen molar-refractivity contribution in [3.8, 4) is 0 Å². The summed E-state index contributed by atoms with van der Waals surface area (Å²) in [5, 5.41) is 14.0. The highest BCUT2D eigenvalue weighted by molar-refractivity contribution is 6.31. The maximum absolute atomic E-state index is 12.6. The van der Waals surface area contributed by atoms with Crippen molar-refractivity contribution < 1.29 is 14.7 Å². The van der Waals surface area contributed by atoms with Gasteiger partial charge in [0.25, 0.3) is 0 Å². The van der Waals surface area contributed by atoms with Crippen LogP contribution in [0.2, 0.25) is 5.02 Å². The Bertz CT molecular complexity index is 855. The fraction of sp³-hybridized carbons (Fsp3) is 0.474. The summed E-state index contributed by atoms with van der Waals surface area (Å²) in [6.07, 6.45) is 2.73. The average molecular weight is 376 g/mol. The minimum atomic E-state index is -0.723. The molecule has 0 bridgehead atoms. The molecule has 2 aliphatic rings. The standard InChI is InChI=1S/C19H22ClN3O3/c20-14-4-1-13-9-16-11-22(7-8-23(16)17(13)10-14)19(26)21-15-5-2-12(3-6-15)18(24)25/h1,4,9-10,12,15H,2-3,5-8,11H2,(H,21,26)(H,24,25). The van der Waals surface area contributed by atoms with Crippen molar-refractivity contribution in [1.29, 1.82) is 0 Å². The largest absolute Gasteiger partial charge is 0.481 e. The smallest absolute Gasteiger partial charge is 0.318 e. The van der Waals surface area contributed by atoms with Crippen LogP contribution in [-0.4, -0.2) is 39.2 Å². The van der Waals surface area contributed by atoms with Crippen LogP contribution in [0.15, 0.2) is 24.3 Å². The molecule has 4 rings (SSSR count). The Labute approximate surface area is 156 Å². The van der Waals surface area contributed by atoms with Crippen molar-refractivity contribution in [3.05, 3.63) is 35.0 Å². The first-order valence-corrected chi connectivity index (χ1v) is 9.45. The Hall–Kier alpha value is -2.21. The van der Waals surface area contributed by atoms with E-state index in [0.29, 0.717) is 25.9 Å². The summed E-state index contributed by atoms with van der Waals surface area (Å²) in [6.45, 7) is 1.97. The highest BCUT2D eigenvalue weighted by atomic mass is 35.5. The predicted octanol–water partition coefficient (Wildman–Crippen LogP) is 3.46. The number of hydrogen-bond donors (Lipinski definition) is 2. The van der Waals surface area contributed by atoms with E-state index in [1.54, 1.807) is 0 Å². The first kappa shape index (κ1) is 17.2. The van der Waals surface area contributed by atoms with Crippen molar-refractivity contribution >= 4 is 34.5 Å². The fourth-order valence-electron chi connectivity index (χ4n) is 4.10. The van der Waals surface area contributed by atoms with Gasteiger partial charge in [-0.3, -0.25) is 4.79 Å². The van der Waals surface area contributed by atoms with E-state index in [1.807, 2.05) is 23.1 Å².